The number of aromatic nitrogens is 2. The van der Waals surface area contributed by atoms with Gasteiger partial charge in [-0.25, -0.2) is 4.98 Å². The lowest BCUT2D eigenvalue weighted by Gasteiger charge is -2.19. The van der Waals surface area contributed by atoms with Crippen LogP contribution in [-0.2, 0) is 4.74 Å². The molecule has 1 aliphatic rings. The van der Waals surface area contributed by atoms with Crippen LogP contribution >= 0.6 is 0 Å². The highest BCUT2D eigenvalue weighted by atomic mass is 16.6. The van der Waals surface area contributed by atoms with Gasteiger partial charge in [-0.05, 0) is 24.1 Å². The molecule has 4 rings (SSSR count). The Morgan fingerprint density at radius 2 is 2.00 bits per heavy atom. The molecule has 2 aromatic heterocycles. The lowest BCUT2D eigenvalue weighted by molar-refractivity contribution is -0.385. The second kappa shape index (κ2) is 7.16. The number of pyridine rings is 1. The fourth-order valence-electron chi connectivity index (χ4n) is 3.45. The minimum Gasteiger partial charge on any atom is -0.373 e. The summed E-state index contributed by atoms with van der Waals surface area (Å²) in [7, 11) is 0. The van der Waals surface area contributed by atoms with E-state index in [0.717, 1.165) is 12.0 Å². The van der Waals surface area contributed by atoms with Crippen LogP contribution in [-0.4, -0.2) is 27.5 Å². The zero-order valence-electron chi connectivity index (χ0n) is 14.4. The number of hydrogen-bond donors (Lipinski definition) is 1. The molecule has 1 aliphatic heterocycles. The van der Waals surface area contributed by atoms with E-state index < -0.39 is 16.2 Å². The van der Waals surface area contributed by atoms with Crippen LogP contribution in [0.4, 0.5) is 11.5 Å². The van der Waals surface area contributed by atoms with Crippen molar-refractivity contribution in [3.63, 3.8) is 0 Å². The normalized spacial score (nSPS) is 19.3. The van der Waals surface area contributed by atoms with Crippen LogP contribution in [0.1, 0.15) is 18.1 Å². The van der Waals surface area contributed by atoms with Crippen LogP contribution in [0.25, 0.3) is 5.65 Å². The summed E-state index contributed by atoms with van der Waals surface area (Å²) in [6, 6.07) is 14.9. The standard InChI is InChI=1S/C19H18N4O4/c24-19-16(23(25)26)18(21-15-8-4-5-10-22(15)19)20-12-14-9-11-27-17(14)13-6-2-1-3-7-13/h1-8,10,14,17,20H,9,11-12H2. The van der Waals surface area contributed by atoms with E-state index in [-0.39, 0.29) is 17.8 Å². The Labute approximate surface area is 154 Å². The van der Waals surface area contributed by atoms with Gasteiger partial charge in [0, 0.05) is 25.3 Å². The number of benzene rings is 1. The maximum Gasteiger partial charge on any atom is 0.376 e. The van der Waals surface area contributed by atoms with E-state index >= 15 is 0 Å². The number of ether oxygens (including phenoxy) is 1. The van der Waals surface area contributed by atoms with E-state index in [0.29, 0.717) is 18.8 Å². The smallest absolute Gasteiger partial charge is 0.373 e. The molecule has 0 amide bonds. The summed E-state index contributed by atoms with van der Waals surface area (Å²) in [4.78, 5) is 27.5. The van der Waals surface area contributed by atoms with Gasteiger partial charge in [0.05, 0.1) is 11.0 Å². The van der Waals surface area contributed by atoms with Gasteiger partial charge in [0.15, 0.2) is 0 Å². The molecule has 0 radical (unpaired) electrons. The van der Waals surface area contributed by atoms with Crippen LogP contribution in [0.2, 0.25) is 0 Å². The average Bonchev–Trinajstić information content (AvgIpc) is 3.15. The highest BCUT2D eigenvalue weighted by Crippen LogP contribution is 2.34. The Hall–Kier alpha value is -3.26. The summed E-state index contributed by atoms with van der Waals surface area (Å²) in [5, 5.41) is 14.5. The van der Waals surface area contributed by atoms with Crippen LogP contribution in [0.3, 0.4) is 0 Å². The van der Waals surface area contributed by atoms with Crippen LogP contribution < -0.4 is 10.9 Å². The van der Waals surface area contributed by atoms with Crippen molar-refractivity contribution in [1.29, 1.82) is 0 Å². The molecule has 3 aromatic rings. The Morgan fingerprint density at radius 1 is 1.22 bits per heavy atom. The highest BCUT2D eigenvalue weighted by Gasteiger charge is 2.31. The number of rotatable bonds is 5. The van der Waals surface area contributed by atoms with Crippen molar-refractivity contribution in [1.82, 2.24) is 9.38 Å². The number of hydrogen-bond acceptors (Lipinski definition) is 6. The van der Waals surface area contributed by atoms with Crippen molar-refractivity contribution in [2.24, 2.45) is 5.92 Å². The molecule has 0 aliphatic carbocycles. The molecule has 2 atom stereocenters. The monoisotopic (exact) mass is 366 g/mol. The fraction of sp³-hybridized carbons (Fsp3) is 0.263. The van der Waals surface area contributed by atoms with E-state index in [9.17, 15) is 14.9 Å². The molecular formula is C19H18N4O4. The molecule has 1 aromatic carbocycles. The summed E-state index contributed by atoms with van der Waals surface area (Å²) >= 11 is 0. The molecule has 1 saturated heterocycles. The first kappa shape index (κ1) is 17.2. The zero-order valence-corrected chi connectivity index (χ0v) is 14.4. The quantitative estimate of drug-likeness (QED) is 0.551. The molecule has 0 bridgehead atoms. The second-order valence-corrected chi connectivity index (χ2v) is 6.43. The van der Waals surface area contributed by atoms with E-state index in [1.807, 2.05) is 30.3 Å². The molecule has 8 nitrogen and oxygen atoms in total. The zero-order chi connectivity index (χ0) is 18.8. The Balaban J connectivity index is 1.63. The summed E-state index contributed by atoms with van der Waals surface area (Å²) in [6.07, 6.45) is 2.21. The maximum atomic E-state index is 12.5. The summed E-state index contributed by atoms with van der Waals surface area (Å²) in [5.74, 6) is 0.123. The van der Waals surface area contributed by atoms with Crippen molar-refractivity contribution in [2.45, 2.75) is 12.5 Å². The first-order valence-corrected chi connectivity index (χ1v) is 8.71. The molecule has 138 valence electrons. The number of nitrogens with one attached hydrogen (secondary N) is 1. The van der Waals surface area contributed by atoms with Gasteiger partial charge in [0.2, 0.25) is 5.82 Å². The van der Waals surface area contributed by atoms with E-state index in [2.05, 4.69) is 10.3 Å². The van der Waals surface area contributed by atoms with Crippen molar-refractivity contribution >= 4 is 17.2 Å². The van der Waals surface area contributed by atoms with Crippen molar-refractivity contribution in [3.05, 3.63) is 80.8 Å². The SMILES string of the molecule is O=c1c([N+](=O)[O-])c(NCC2CCOC2c2ccccc2)nc2ccccn12. The predicted octanol–water partition coefficient (Wildman–Crippen LogP) is 2.79. The minimum absolute atomic E-state index is 0.00471. The van der Waals surface area contributed by atoms with Gasteiger partial charge < -0.3 is 10.1 Å². The second-order valence-electron chi connectivity index (χ2n) is 6.43. The minimum atomic E-state index is -0.699. The number of nitro groups is 1. The molecule has 1 fully saturated rings. The van der Waals surface area contributed by atoms with Gasteiger partial charge in [-0.2, -0.15) is 0 Å². The molecule has 1 N–H and O–H groups in total. The third kappa shape index (κ3) is 3.26. The Morgan fingerprint density at radius 3 is 2.78 bits per heavy atom. The first-order valence-electron chi connectivity index (χ1n) is 8.71. The summed E-state index contributed by atoms with van der Waals surface area (Å²) in [5.41, 5.74) is 0.185. The molecular weight excluding hydrogens is 348 g/mol. The third-order valence-corrected chi connectivity index (χ3v) is 4.77. The number of anilines is 1. The van der Waals surface area contributed by atoms with E-state index in [1.165, 1.54) is 10.6 Å². The van der Waals surface area contributed by atoms with Gasteiger partial charge in [-0.3, -0.25) is 19.3 Å². The van der Waals surface area contributed by atoms with Gasteiger partial charge in [0.25, 0.3) is 0 Å². The van der Waals surface area contributed by atoms with Crippen LogP contribution in [0, 0.1) is 16.0 Å². The predicted molar refractivity (Wildman–Crippen MR) is 99.8 cm³/mol. The largest absolute Gasteiger partial charge is 0.376 e. The Bertz CT molecular complexity index is 1030. The third-order valence-electron chi connectivity index (χ3n) is 4.77. The summed E-state index contributed by atoms with van der Waals surface area (Å²) in [6.45, 7) is 1.05. The topological polar surface area (TPSA) is 98.8 Å². The molecule has 3 heterocycles. The van der Waals surface area contributed by atoms with Gasteiger partial charge in [-0.15, -0.1) is 0 Å². The van der Waals surface area contributed by atoms with Crippen molar-refractivity contribution in [2.75, 3.05) is 18.5 Å². The molecule has 2 unspecified atom stereocenters. The Kier molecular flexibility index (Phi) is 4.55. The van der Waals surface area contributed by atoms with Crippen LogP contribution in [0.5, 0.6) is 0 Å². The van der Waals surface area contributed by atoms with Crippen molar-refractivity contribution in [3.8, 4) is 0 Å². The van der Waals surface area contributed by atoms with Crippen LogP contribution in [0.15, 0.2) is 59.5 Å². The van der Waals surface area contributed by atoms with Crippen molar-refractivity contribution < 1.29 is 9.66 Å². The molecule has 0 saturated carbocycles. The number of fused-ring (bicyclic) bond motifs is 1. The maximum absolute atomic E-state index is 12.5. The van der Waals surface area contributed by atoms with Gasteiger partial charge >= 0.3 is 11.2 Å². The van der Waals surface area contributed by atoms with E-state index in [4.69, 9.17) is 4.74 Å². The highest BCUT2D eigenvalue weighted by molar-refractivity contribution is 5.59. The molecule has 0 spiro atoms. The lowest BCUT2D eigenvalue weighted by Crippen LogP contribution is -2.24. The first-order chi connectivity index (χ1) is 13.1. The lowest BCUT2D eigenvalue weighted by atomic mass is 9.95. The van der Waals surface area contributed by atoms with E-state index in [1.54, 1.807) is 18.2 Å². The average molecular weight is 366 g/mol. The van der Waals surface area contributed by atoms with Gasteiger partial charge in [-0.1, -0.05) is 36.4 Å². The molecule has 27 heavy (non-hydrogen) atoms. The summed E-state index contributed by atoms with van der Waals surface area (Å²) < 4.78 is 7.03. The number of nitrogens with zero attached hydrogens (tertiary/aromatic N) is 3. The van der Waals surface area contributed by atoms with Gasteiger partial charge in [0.1, 0.15) is 5.65 Å². The molecule has 8 heteroatoms. The fourth-order valence-corrected chi connectivity index (χ4v) is 3.45.